The molecule has 0 aliphatic heterocycles. The monoisotopic (exact) mass is 237 g/mol. The van der Waals surface area contributed by atoms with Crippen LogP contribution in [-0.4, -0.2) is 22.2 Å². The summed E-state index contributed by atoms with van der Waals surface area (Å²) in [5, 5.41) is 3.39. The highest BCUT2D eigenvalue weighted by Gasteiger charge is 2.25. The summed E-state index contributed by atoms with van der Waals surface area (Å²) >= 11 is 0. The van der Waals surface area contributed by atoms with Crippen LogP contribution in [0.2, 0.25) is 0 Å². The number of hydrogen-bond donors (Lipinski definition) is 1. The van der Waals surface area contributed by atoms with Crippen molar-refractivity contribution in [3.63, 3.8) is 0 Å². The lowest BCUT2D eigenvalue weighted by Gasteiger charge is -2.07. The van der Waals surface area contributed by atoms with Crippen molar-refractivity contribution in [3.8, 4) is 0 Å². The van der Waals surface area contributed by atoms with Gasteiger partial charge in [-0.3, -0.25) is 9.13 Å². The largest absolute Gasteiger partial charge is 0.328 e. The van der Waals surface area contributed by atoms with Crippen LogP contribution in [0.5, 0.6) is 0 Å². The second-order valence-electron chi connectivity index (χ2n) is 5.36. The fourth-order valence-corrected chi connectivity index (χ4v) is 1.99. The van der Waals surface area contributed by atoms with Gasteiger partial charge in [0.15, 0.2) is 0 Å². The first-order chi connectivity index (χ1) is 8.18. The third-order valence-corrected chi connectivity index (χ3v) is 3.12. The van der Waals surface area contributed by atoms with E-state index in [1.165, 1.54) is 12.8 Å². The normalized spacial score (nSPS) is 15.7. The molecule has 0 aromatic carbocycles. The fraction of sp³-hybridized carbons (Fsp3) is 0.769. The van der Waals surface area contributed by atoms with Crippen LogP contribution < -0.4 is 11.0 Å². The van der Waals surface area contributed by atoms with Crippen LogP contribution in [0.15, 0.2) is 17.2 Å². The molecule has 2 rings (SSSR count). The molecule has 4 nitrogen and oxygen atoms in total. The molecule has 1 heterocycles. The van der Waals surface area contributed by atoms with Crippen LogP contribution >= 0.6 is 0 Å². The molecular weight excluding hydrogens is 214 g/mol. The number of aryl methyl sites for hydroxylation is 1. The van der Waals surface area contributed by atoms with Crippen molar-refractivity contribution in [3.05, 3.63) is 22.9 Å². The Morgan fingerprint density at radius 1 is 1.41 bits per heavy atom. The summed E-state index contributed by atoms with van der Waals surface area (Å²) in [6.07, 6.45) is 7.20. The van der Waals surface area contributed by atoms with E-state index < -0.39 is 0 Å². The third kappa shape index (κ3) is 3.46. The highest BCUT2D eigenvalue weighted by molar-refractivity contribution is 4.91. The molecule has 0 bridgehead atoms. The van der Waals surface area contributed by atoms with Gasteiger partial charge in [-0.2, -0.15) is 0 Å². The molecule has 0 unspecified atom stereocenters. The maximum atomic E-state index is 11.9. The molecule has 0 spiro atoms. The highest BCUT2D eigenvalue weighted by atomic mass is 16.1. The molecule has 0 amide bonds. The summed E-state index contributed by atoms with van der Waals surface area (Å²) in [4.78, 5) is 11.9. The zero-order valence-corrected chi connectivity index (χ0v) is 10.9. The second kappa shape index (κ2) is 5.54. The van der Waals surface area contributed by atoms with Gasteiger partial charge in [-0.1, -0.05) is 13.8 Å². The summed E-state index contributed by atoms with van der Waals surface area (Å²) in [6.45, 7) is 7.27. The molecule has 1 N–H and O–H groups in total. The maximum absolute atomic E-state index is 11.9. The summed E-state index contributed by atoms with van der Waals surface area (Å²) in [6, 6.07) is 0.489. The van der Waals surface area contributed by atoms with Gasteiger partial charge in [-0.05, 0) is 38.3 Å². The summed E-state index contributed by atoms with van der Waals surface area (Å²) < 4.78 is 3.71. The molecule has 0 radical (unpaired) electrons. The first-order valence-electron chi connectivity index (χ1n) is 6.66. The molecule has 17 heavy (non-hydrogen) atoms. The topological polar surface area (TPSA) is 39.0 Å². The van der Waals surface area contributed by atoms with Gasteiger partial charge in [0, 0.05) is 25.0 Å². The van der Waals surface area contributed by atoms with E-state index in [1.54, 1.807) is 0 Å². The molecule has 1 aromatic rings. The lowest BCUT2D eigenvalue weighted by Crippen LogP contribution is -2.26. The Balaban J connectivity index is 1.73. The number of hydrogen-bond acceptors (Lipinski definition) is 2. The number of imidazole rings is 1. The van der Waals surface area contributed by atoms with Crippen LogP contribution in [0.25, 0.3) is 0 Å². The Labute approximate surface area is 103 Å². The predicted octanol–water partition coefficient (Wildman–Crippen LogP) is 1.62. The van der Waals surface area contributed by atoms with Crippen molar-refractivity contribution in [2.75, 3.05) is 13.1 Å². The van der Waals surface area contributed by atoms with E-state index in [1.807, 2.05) is 21.5 Å². The lowest BCUT2D eigenvalue weighted by molar-refractivity contribution is 0.514. The average molecular weight is 237 g/mol. The number of rotatable bonds is 7. The van der Waals surface area contributed by atoms with Gasteiger partial charge in [-0.25, -0.2) is 4.79 Å². The minimum Gasteiger partial charge on any atom is -0.316 e. The van der Waals surface area contributed by atoms with E-state index in [0.717, 1.165) is 26.1 Å². The summed E-state index contributed by atoms with van der Waals surface area (Å²) in [5.74, 6) is 0.689. The van der Waals surface area contributed by atoms with Gasteiger partial charge < -0.3 is 5.32 Å². The molecular formula is C13H23N3O. The average Bonchev–Trinajstić information content (AvgIpc) is 3.05. The minimum atomic E-state index is 0.163. The zero-order valence-electron chi connectivity index (χ0n) is 10.9. The summed E-state index contributed by atoms with van der Waals surface area (Å²) in [5.41, 5.74) is 0.163. The maximum Gasteiger partial charge on any atom is 0.328 e. The van der Waals surface area contributed by atoms with Crippen LogP contribution in [0.1, 0.15) is 39.2 Å². The summed E-state index contributed by atoms with van der Waals surface area (Å²) in [7, 11) is 0. The van der Waals surface area contributed by atoms with Crippen molar-refractivity contribution in [2.24, 2.45) is 5.92 Å². The minimum absolute atomic E-state index is 0.163. The molecule has 1 aromatic heterocycles. The van der Waals surface area contributed by atoms with Crippen molar-refractivity contribution in [1.29, 1.82) is 0 Å². The standard InChI is InChI=1S/C13H23N3O/c1-11(2)10-14-6-3-7-15-8-9-16(13(15)17)12-4-5-12/h8-9,11-12,14H,3-7,10H2,1-2H3. The first kappa shape index (κ1) is 12.4. The third-order valence-electron chi connectivity index (χ3n) is 3.12. The smallest absolute Gasteiger partial charge is 0.316 e. The Hall–Kier alpha value is -1.03. The molecule has 0 atom stereocenters. The number of aromatic nitrogens is 2. The van der Waals surface area contributed by atoms with E-state index in [9.17, 15) is 4.79 Å². The Morgan fingerprint density at radius 3 is 2.82 bits per heavy atom. The van der Waals surface area contributed by atoms with Crippen molar-refractivity contribution >= 4 is 0 Å². The first-order valence-corrected chi connectivity index (χ1v) is 6.66. The highest BCUT2D eigenvalue weighted by Crippen LogP contribution is 2.33. The Kier molecular flexibility index (Phi) is 4.05. The molecule has 1 fully saturated rings. The lowest BCUT2D eigenvalue weighted by atomic mass is 10.2. The molecule has 0 saturated heterocycles. The van der Waals surface area contributed by atoms with Crippen molar-refractivity contribution in [1.82, 2.24) is 14.5 Å². The van der Waals surface area contributed by atoms with Gasteiger partial charge in [0.05, 0.1) is 0 Å². The quantitative estimate of drug-likeness (QED) is 0.732. The van der Waals surface area contributed by atoms with Gasteiger partial charge in [0.1, 0.15) is 0 Å². The Morgan fingerprint density at radius 2 is 2.18 bits per heavy atom. The van der Waals surface area contributed by atoms with Crippen molar-refractivity contribution < 1.29 is 0 Å². The SMILES string of the molecule is CC(C)CNCCCn1ccn(C2CC2)c1=O. The number of nitrogens with zero attached hydrogens (tertiary/aromatic N) is 2. The molecule has 1 aliphatic carbocycles. The van der Waals surface area contributed by atoms with Gasteiger partial charge >= 0.3 is 5.69 Å². The van der Waals surface area contributed by atoms with Crippen molar-refractivity contribution in [2.45, 2.75) is 45.7 Å². The predicted molar refractivity (Wildman–Crippen MR) is 69.3 cm³/mol. The van der Waals surface area contributed by atoms with E-state index in [2.05, 4.69) is 19.2 Å². The molecule has 1 saturated carbocycles. The van der Waals surface area contributed by atoms with Crippen LogP contribution in [-0.2, 0) is 6.54 Å². The molecule has 96 valence electrons. The van der Waals surface area contributed by atoms with Crippen LogP contribution in [0.4, 0.5) is 0 Å². The van der Waals surface area contributed by atoms with E-state index in [0.29, 0.717) is 12.0 Å². The number of nitrogens with one attached hydrogen (secondary N) is 1. The van der Waals surface area contributed by atoms with Gasteiger partial charge in [-0.15, -0.1) is 0 Å². The molecule has 1 aliphatic rings. The van der Waals surface area contributed by atoms with Crippen LogP contribution in [0, 0.1) is 5.92 Å². The molecule has 4 heteroatoms. The van der Waals surface area contributed by atoms with Gasteiger partial charge in [0.2, 0.25) is 0 Å². The fourth-order valence-electron chi connectivity index (χ4n) is 1.99. The zero-order chi connectivity index (χ0) is 12.3. The Bertz CT molecular complexity index is 401. The van der Waals surface area contributed by atoms with Gasteiger partial charge in [0.25, 0.3) is 0 Å². The van der Waals surface area contributed by atoms with Crippen LogP contribution in [0.3, 0.4) is 0 Å². The van der Waals surface area contributed by atoms with E-state index in [-0.39, 0.29) is 5.69 Å². The second-order valence-corrected chi connectivity index (χ2v) is 5.36. The van der Waals surface area contributed by atoms with E-state index in [4.69, 9.17) is 0 Å². The van der Waals surface area contributed by atoms with E-state index >= 15 is 0 Å².